The number of pyridine rings is 1. The molecule has 19 heavy (non-hydrogen) atoms. The van der Waals surface area contributed by atoms with Gasteiger partial charge in [-0.05, 0) is 24.6 Å². The molecule has 0 saturated carbocycles. The van der Waals surface area contributed by atoms with Gasteiger partial charge < -0.3 is 10.5 Å². The third-order valence-corrected chi connectivity index (χ3v) is 2.55. The summed E-state index contributed by atoms with van der Waals surface area (Å²) in [5.41, 5.74) is 6.65. The van der Waals surface area contributed by atoms with Crippen LogP contribution in [0.4, 0.5) is 5.69 Å². The van der Waals surface area contributed by atoms with Gasteiger partial charge >= 0.3 is 0 Å². The molecule has 6 nitrogen and oxygen atoms in total. The lowest BCUT2D eigenvalue weighted by molar-refractivity contribution is -0.384. The zero-order valence-corrected chi connectivity index (χ0v) is 10.3. The Morgan fingerprint density at radius 1 is 1.26 bits per heavy atom. The first-order valence-electron chi connectivity index (χ1n) is 5.70. The minimum atomic E-state index is -0.459. The highest BCUT2D eigenvalue weighted by Crippen LogP contribution is 2.22. The van der Waals surface area contributed by atoms with Gasteiger partial charge in [-0.3, -0.25) is 10.1 Å². The molecule has 1 unspecified atom stereocenters. The monoisotopic (exact) mass is 259 g/mol. The number of ether oxygens (including phenoxy) is 1. The van der Waals surface area contributed by atoms with E-state index < -0.39 is 4.92 Å². The van der Waals surface area contributed by atoms with E-state index in [1.165, 1.54) is 24.3 Å². The molecule has 0 bridgehead atoms. The van der Waals surface area contributed by atoms with Crippen molar-refractivity contribution in [2.24, 2.45) is 5.73 Å². The van der Waals surface area contributed by atoms with E-state index in [2.05, 4.69) is 4.98 Å². The Balaban J connectivity index is 2.10. The largest absolute Gasteiger partial charge is 0.439 e. The fourth-order valence-corrected chi connectivity index (χ4v) is 1.48. The van der Waals surface area contributed by atoms with E-state index in [0.29, 0.717) is 11.6 Å². The second-order valence-electron chi connectivity index (χ2n) is 4.07. The highest BCUT2D eigenvalue weighted by Gasteiger charge is 2.06. The van der Waals surface area contributed by atoms with Crippen molar-refractivity contribution < 1.29 is 9.66 Å². The maximum Gasteiger partial charge on any atom is 0.269 e. The molecule has 98 valence electrons. The minimum Gasteiger partial charge on any atom is -0.439 e. The summed E-state index contributed by atoms with van der Waals surface area (Å²) in [6.45, 7) is 1.87. The molecule has 0 aliphatic heterocycles. The van der Waals surface area contributed by atoms with E-state index in [1.54, 1.807) is 12.3 Å². The molecule has 0 spiro atoms. The van der Waals surface area contributed by atoms with Gasteiger partial charge in [-0.15, -0.1) is 0 Å². The van der Waals surface area contributed by atoms with Gasteiger partial charge in [0.2, 0.25) is 5.88 Å². The molecular weight excluding hydrogens is 246 g/mol. The predicted molar refractivity (Wildman–Crippen MR) is 70.0 cm³/mol. The molecule has 0 radical (unpaired) electrons. The quantitative estimate of drug-likeness (QED) is 0.673. The molecule has 6 heteroatoms. The van der Waals surface area contributed by atoms with Gasteiger partial charge in [0.25, 0.3) is 5.69 Å². The first-order valence-corrected chi connectivity index (χ1v) is 5.70. The summed E-state index contributed by atoms with van der Waals surface area (Å²) in [4.78, 5) is 14.2. The van der Waals surface area contributed by atoms with Gasteiger partial charge in [-0.25, -0.2) is 4.98 Å². The zero-order valence-electron chi connectivity index (χ0n) is 10.3. The fraction of sp³-hybridized carbons (Fsp3) is 0.154. The Labute approximate surface area is 110 Å². The number of nitrogens with two attached hydrogens (primary N) is 1. The average molecular weight is 259 g/mol. The normalized spacial score (nSPS) is 11.9. The molecule has 2 N–H and O–H groups in total. The Morgan fingerprint density at radius 2 is 1.95 bits per heavy atom. The summed E-state index contributed by atoms with van der Waals surface area (Å²) in [7, 11) is 0. The van der Waals surface area contributed by atoms with Crippen LogP contribution < -0.4 is 10.5 Å². The van der Waals surface area contributed by atoms with Crippen LogP contribution in [0.15, 0.2) is 42.6 Å². The fourth-order valence-electron chi connectivity index (χ4n) is 1.48. The lowest BCUT2D eigenvalue weighted by Crippen LogP contribution is -2.05. The van der Waals surface area contributed by atoms with Gasteiger partial charge in [0.05, 0.1) is 4.92 Å². The number of nitro groups is 1. The zero-order chi connectivity index (χ0) is 13.8. The molecule has 0 saturated heterocycles. The maximum absolute atomic E-state index is 10.5. The van der Waals surface area contributed by atoms with E-state index in [0.717, 1.165) is 5.56 Å². The first-order chi connectivity index (χ1) is 9.06. The number of rotatable bonds is 4. The number of benzene rings is 1. The summed E-state index contributed by atoms with van der Waals surface area (Å²) >= 11 is 0. The third-order valence-electron chi connectivity index (χ3n) is 2.55. The van der Waals surface area contributed by atoms with Gasteiger partial charge in [0.1, 0.15) is 5.75 Å². The molecule has 2 aromatic rings. The third kappa shape index (κ3) is 3.26. The van der Waals surface area contributed by atoms with Crippen LogP contribution in [0.5, 0.6) is 11.6 Å². The summed E-state index contributed by atoms with van der Waals surface area (Å²) < 4.78 is 5.47. The second kappa shape index (κ2) is 5.45. The van der Waals surface area contributed by atoms with Gasteiger partial charge in [0, 0.05) is 30.4 Å². The highest BCUT2D eigenvalue weighted by molar-refractivity contribution is 5.37. The van der Waals surface area contributed by atoms with Crippen LogP contribution in [-0.4, -0.2) is 9.91 Å². The lowest BCUT2D eigenvalue weighted by atomic mass is 10.2. The predicted octanol–water partition coefficient (Wildman–Crippen LogP) is 2.80. The summed E-state index contributed by atoms with van der Waals surface area (Å²) in [6, 6.07) is 9.27. The van der Waals surface area contributed by atoms with Gasteiger partial charge in [-0.1, -0.05) is 6.07 Å². The molecule has 1 heterocycles. The van der Waals surface area contributed by atoms with Crippen molar-refractivity contribution in [1.29, 1.82) is 0 Å². The van der Waals surface area contributed by atoms with Gasteiger partial charge in [0.15, 0.2) is 0 Å². The van der Waals surface area contributed by atoms with E-state index in [9.17, 15) is 10.1 Å². The smallest absolute Gasteiger partial charge is 0.269 e. The topological polar surface area (TPSA) is 91.3 Å². The molecule has 2 rings (SSSR count). The van der Waals surface area contributed by atoms with Crippen LogP contribution in [0.2, 0.25) is 0 Å². The summed E-state index contributed by atoms with van der Waals surface area (Å²) in [6.07, 6.45) is 1.64. The Morgan fingerprint density at radius 3 is 2.42 bits per heavy atom. The van der Waals surface area contributed by atoms with Gasteiger partial charge in [-0.2, -0.15) is 0 Å². The summed E-state index contributed by atoms with van der Waals surface area (Å²) in [5, 5.41) is 10.5. The van der Waals surface area contributed by atoms with Crippen LogP contribution >= 0.6 is 0 Å². The van der Waals surface area contributed by atoms with Crippen molar-refractivity contribution in [2.75, 3.05) is 0 Å². The minimum absolute atomic E-state index is 0.0209. The van der Waals surface area contributed by atoms with Crippen molar-refractivity contribution in [3.05, 3.63) is 58.3 Å². The van der Waals surface area contributed by atoms with Crippen LogP contribution in [0.25, 0.3) is 0 Å². The van der Waals surface area contributed by atoms with E-state index in [4.69, 9.17) is 10.5 Å². The SMILES string of the molecule is CC(N)c1ccc(Oc2ccc([N+](=O)[O-])cc2)nc1. The number of non-ortho nitro benzene ring substituents is 1. The second-order valence-corrected chi connectivity index (χ2v) is 4.07. The molecule has 1 aromatic carbocycles. The van der Waals surface area contributed by atoms with Crippen molar-refractivity contribution in [1.82, 2.24) is 4.98 Å². The molecular formula is C13H13N3O3. The molecule has 0 fully saturated rings. The Bertz CT molecular complexity index is 565. The standard InChI is InChI=1S/C13H13N3O3/c1-9(14)10-2-7-13(15-8-10)19-12-5-3-11(4-6-12)16(17)18/h2-9H,14H2,1H3. The van der Waals surface area contributed by atoms with Crippen molar-refractivity contribution in [2.45, 2.75) is 13.0 Å². The van der Waals surface area contributed by atoms with Crippen molar-refractivity contribution >= 4 is 5.69 Å². The van der Waals surface area contributed by atoms with Crippen LogP contribution in [-0.2, 0) is 0 Å². The number of aromatic nitrogens is 1. The highest BCUT2D eigenvalue weighted by atomic mass is 16.6. The molecule has 0 aliphatic carbocycles. The van der Waals surface area contributed by atoms with E-state index in [-0.39, 0.29) is 11.7 Å². The number of nitro benzene ring substituents is 1. The Kier molecular flexibility index (Phi) is 3.72. The average Bonchev–Trinajstić information content (AvgIpc) is 2.40. The van der Waals surface area contributed by atoms with E-state index >= 15 is 0 Å². The lowest BCUT2D eigenvalue weighted by Gasteiger charge is -2.07. The maximum atomic E-state index is 10.5. The Hall–Kier alpha value is -2.47. The molecule has 1 aromatic heterocycles. The molecule has 0 aliphatic rings. The first kappa shape index (κ1) is 13.0. The van der Waals surface area contributed by atoms with E-state index in [1.807, 2.05) is 13.0 Å². The molecule has 0 amide bonds. The van der Waals surface area contributed by atoms with Crippen LogP contribution in [0.1, 0.15) is 18.5 Å². The van der Waals surface area contributed by atoms with Crippen LogP contribution in [0.3, 0.4) is 0 Å². The number of hydrogen-bond acceptors (Lipinski definition) is 5. The molecule has 1 atom stereocenters. The van der Waals surface area contributed by atoms with Crippen molar-refractivity contribution in [3.8, 4) is 11.6 Å². The number of hydrogen-bond donors (Lipinski definition) is 1. The van der Waals surface area contributed by atoms with Crippen LogP contribution in [0, 0.1) is 10.1 Å². The summed E-state index contributed by atoms with van der Waals surface area (Å²) in [5.74, 6) is 0.907. The van der Waals surface area contributed by atoms with Crippen molar-refractivity contribution in [3.63, 3.8) is 0 Å². The number of nitrogens with zero attached hydrogens (tertiary/aromatic N) is 2.